The second kappa shape index (κ2) is 10.1. The van der Waals surface area contributed by atoms with Gasteiger partial charge >= 0.3 is 0 Å². The van der Waals surface area contributed by atoms with Crippen molar-refractivity contribution in [2.45, 2.75) is 6.42 Å². The van der Waals surface area contributed by atoms with Gasteiger partial charge in [0.05, 0.1) is 5.56 Å². The molecule has 2 aliphatic carbocycles. The molecule has 1 atom stereocenters. The standard InChI is InChI=1S/C40H28O5/c41-36-33(37(42)39(44)40(45)38(36)43)24-19-20-31-32(21-24)35(28-18-8-12-23-10-2-4-14-26(23)28)30-16-6-5-15-29(30)34(31)27-17-7-11-22-9-1-3-13-25(22)27/h1-14,16-21,29,41-45H,15H2. The first-order valence-electron chi connectivity index (χ1n) is 14.8. The number of aromatic hydroxyl groups is 5. The minimum atomic E-state index is -0.983. The molecule has 0 saturated carbocycles. The molecular weight excluding hydrogens is 560 g/mol. The van der Waals surface area contributed by atoms with E-state index in [0.29, 0.717) is 5.56 Å². The van der Waals surface area contributed by atoms with E-state index in [2.05, 4.69) is 85.0 Å². The number of allylic oxidation sites excluding steroid dienone is 4. The molecule has 6 aromatic rings. The summed E-state index contributed by atoms with van der Waals surface area (Å²) in [6, 6.07) is 34.9. The minimum Gasteiger partial charge on any atom is -0.504 e. The van der Waals surface area contributed by atoms with Crippen LogP contribution in [0.5, 0.6) is 28.7 Å². The molecule has 0 aromatic heterocycles. The minimum absolute atomic E-state index is 0.0664. The summed E-state index contributed by atoms with van der Waals surface area (Å²) >= 11 is 0. The Labute approximate surface area is 258 Å². The van der Waals surface area contributed by atoms with Gasteiger partial charge in [-0.3, -0.25) is 0 Å². The third-order valence-electron chi connectivity index (χ3n) is 9.17. The Kier molecular flexibility index (Phi) is 5.97. The number of rotatable bonds is 3. The maximum absolute atomic E-state index is 10.9. The fraction of sp³-hybridized carbons (Fsp3) is 0.0500. The number of phenolic OH excluding ortho intramolecular Hbond substituents is 5. The van der Waals surface area contributed by atoms with E-state index in [4.69, 9.17) is 0 Å². The molecule has 2 aliphatic rings. The Morgan fingerprint density at radius 3 is 1.80 bits per heavy atom. The van der Waals surface area contributed by atoms with E-state index in [0.717, 1.165) is 60.7 Å². The molecule has 0 bridgehead atoms. The van der Waals surface area contributed by atoms with Crippen LogP contribution in [-0.4, -0.2) is 25.5 Å². The van der Waals surface area contributed by atoms with Gasteiger partial charge in [-0.15, -0.1) is 0 Å². The average molecular weight is 589 g/mol. The average Bonchev–Trinajstić information content (AvgIpc) is 3.08. The van der Waals surface area contributed by atoms with Gasteiger partial charge in [0.25, 0.3) is 0 Å². The Morgan fingerprint density at radius 1 is 0.533 bits per heavy atom. The van der Waals surface area contributed by atoms with Gasteiger partial charge in [0, 0.05) is 5.92 Å². The molecule has 5 heteroatoms. The van der Waals surface area contributed by atoms with Crippen LogP contribution in [-0.2, 0) is 0 Å². The molecule has 8 rings (SSSR count). The summed E-state index contributed by atoms with van der Waals surface area (Å²) in [5.74, 6) is -4.17. The van der Waals surface area contributed by atoms with Crippen molar-refractivity contribution >= 4 is 32.7 Å². The van der Waals surface area contributed by atoms with Crippen LogP contribution in [0.4, 0.5) is 0 Å². The third-order valence-corrected chi connectivity index (χ3v) is 9.17. The van der Waals surface area contributed by atoms with Crippen molar-refractivity contribution in [3.63, 3.8) is 0 Å². The summed E-state index contributed by atoms with van der Waals surface area (Å²) in [6.45, 7) is 0. The van der Waals surface area contributed by atoms with Crippen molar-refractivity contribution in [2.24, 2.45) is 5.92 Å². The Balaban J connectivity index is 1.58. The van der Waals surface area contributed by atoms with E-state index in [9.17, 15) is 25.5 Å². The molecule has 5 N–H and O–H groups in total. The fourth-order valence-corrected chi connectivity index (χ4v) is 7.14. The van der Waals surface area contributed by atoms with E-state index in [1.807, 2.05) is 30.3 Å². The lowest BCUT2D eigenvalue weighted by Gasteiger charge is -2.32. The molecule has 0 aliphatic heterocycles. The number of benzene rings is 6. The quantitative estimate of drug-likeness (QED) is 0.112. The number of hydrogen-bond donors (Lipinski definition) is 5. The van der Waals surface area contributed by atoms with Gasteiger partial charge in [0.2, 0.25) is 17.2 Å². The Morgan fingerprint density at radius 2 is 1.11 bits per heavy atom. The van der Waals surface area contributed by atoms with Crippen molar-refractivity contribution in [3.8, 4) is 39.9 Å². The van der Waals surface area contributed by atoms with Crippen LogP contribution in [0, 0.1) is 5.92 Å². The fourth-order valence-electron chi connectivity index (χ4n) is 7.14. The molecule has 0 heterocycles. The predicted octanol–water partition coefficient (Wildman–Crippen LogP) is 7.10. The molecule has 0 radical (unpaired) electrons. The van der Waals surface area contributed by atoms with E-state index in [1.165, 1.54) is 5.57 Å². The smallest absolute Gasteiger partial charge is 0.208 e. The van der Waals surface area contributed by atoms with Gasteiger partial charge in [-0.25, -0.2) is 0 Å². The zero-order valence-corrected chi connectivity index (χ0v) is 24.1. The second-order valence-electron chi connectivity index (χ2n) is 11.6. The van der Waals surface area contributed by atoms with Gasteiger partial charge < -0.3 is 25.5 Å². The zero-order valence-electron chi connectivity index (χ0n) is 24.1. The van der Waals surface area contributed by atoms with Crippen LogP contribution in [0.1, 0.15) is 17.5 Å². The third kappa shape index (κ3) is 3.94. The maximum atomic E-state index is 10.9. The first-order valence-corrected chi connectivity index (χ1v) is 14.8. The first-order chi connectivity index (χ1) is 21.9. The molecule has 0 amide bonds. The van der Waals surface area contributed by atoms with Gasteiger partial charge in [-0.2, -0.15) is 0 Å². The van der Waals surface area contributed by atoms with Crippen molar-refractivity contribution in [1.82, 2.24) is 0 Å². The molecule has 6 aromatic carbocycles. The van der Waals surface area contributed by atoms with Crippen LogP contribution in [0.25, 0.3) is 43.8 Å². The highest BCUT2D eigenvalue weighted by Gasteiger charge is 2.31. The van der Waals surface area contributed by atoms with Crippen molar-refractivity contribution in [3.05, 3.63) is 148 Å². The lowest BCUT2D eigenvalue weighted by molar-refractivity contribution is 0.330. The molecular formula is C40H28O5. The van der Waals surface area contributed by atoms with Crippen LogP contribution in [0.15, 0.2) is 127 Å². The highest BCUT2D eigenvalue weighted by molar-refractivity contribution is 6.02. The van der Waals surface area contributed by atoms with Gasteiger partial charge in [0.1, 0.15) is 0 Å². The number of fused-ring (bicyclic) bond motifs is 4. The van der Waals surface area contributed by atoms with Crippen molar-refractivity contribution in [2.75, 3.05) is 0 Å². The van der Waals surface area contributed by atoms with Crippen molar-refractivity contribution < 1.29 is 25.5 Å². The van der Waals surface area contributed by atoms with Crippen LogP contribution in [0.3, 0.4) is 0 Å². The SMILES string of the molecule is Oc1c(O)c(O)c(-c2ccc3c(c2)=C(c2cccc4ccccc24)C2=CC=CCC2C=3c2cccc3ccccc23)c(O)c1O. The molecule has 45 heavy (non-hydrogen) atoms. The Hall–Kier alpha value is -5.94. The van der Waals surface area contributed by atoms with Gasteiger partial charge in [-0.1, -0.05) is 115 Å². The van der Waals surface area contributed by atoms with E-state index < -0.39 is 28.7 Å². The largest absolute Gasteiger partial charge is 0.504 e. The summed E-state index contributed by atoms with van der Waals surface area (Å²) in [5, 5.41) is 59.0. The Bertz CT molecular complexity index is 2380. The molecule has 1 unspecified atom stereocenters. The molecule has 0 fully saturated rings. The highest BCUT2D eigenvalue weighted by Crippen LogP contribution is 2.54. The summed E-state index contributed by atoms with van der Waals surface area (Å²) in [5.41, 5.74) is 5.76. The first kappa shape index (κ1) is 26.7. The van der Waals surface area contributed by atoms with E-state index >= 15 is 0 Å². The summed E-state index contributed by atoms with van der Waals surface area (Å²) in [6.07, 6.45) is 7.30. The normalized spacial score (nSPS) is 15.6. The summed E-state index contributed by atoms with van der Waals surface area (Å²) in [7, 11) is 0. The van der Waals surface area contributed by atoms with Crippen LogP contribution in [0.2, 0.25) is 0 Å². The second-order valence-corrected chi connectivity index (χ2v) is 11.6. The van der Waals surface area contributed by atoms with E-state index in [1.54, 1.807) is 6.07 Å². The zero-order chi connectivity index (χ0) is 30.8. The topological polar surface area (TPSA) is 101 Å². The lowest BCUT2D eigenvalue weighted by Crippen LogP contribution is -2.38. The molecule has 218 valence electrons. The van der Waals surface area contributed by atoms with Crippen molar-refractivity contribution in [1.29, 1.82) is 0 Å². The monoisotopic (exact) mass is 588 g/mol. The van der Waals surface area contributed by atoms with Crippen LogP contribution >= 0.6 is 0 Å². The maximum Gasteiger partial charge on any atom is 0.208 e. The van der Waals surface area contributed by atoms with Gasteiger partial charge in [0.15, 0.2) is 11.5 Å². The lowest BCUT2D eigenvalue weighted by atomic mass is 9.71. The molecule has 5 nitrogen and oxygen atoms in total. The number of hydrogen-bond acceptors (Lipinski definition) is 5. The van der Waals surface area contributed by atoms with Crippen LogP contribution < -0.4 is 10.4 Å². The highest BCUT2D eigenvalue weighted by atomic mass is 16.4. The molecule has 0 spiro atoms. The summed E-state index contributed by atoms with van der Waals surface area (Å²) < 4.78 is 0. The van der Waals surface area contributed by atoms with Gasteiger partial charge in [-0.05, 0) is 77.9 Å². The summed E-state index contributed by atoms with van der Waals surface area (Å²) in [4.78, 5) is 0. The number of phenols is 5. The predicted molar refractivity (Wildman–Crippen MR) is 178 cm³/mol. The molecule has 0 saturated heterocycles. The van der Waals surface area contributed by atoms with E-state index in [-0.39, 0.29) is 11.5 Å².